The lowest BCUT2D eigenvalue weighted by molar-refractivity contribution is 0.415. The molecule has 0 amide bonds. The molecule has 7 heteroatoms. The Labute approximate surface area is 167 Å². The van der Waals surface area contributed by atoms with E-state index in [1.807, 2.05) is 43.3 Å². The van der Waals surface area contributed by atoms with Gasteiger partial charge in [-0.15, -0.1) is 22.8 Å². The van der Waals surface area contributed by atoms with Crippen molar-refractivity contribution in [1.29, 1.82) is 0 Å². The lowest BCUT2D eigenvalue weighted by atomic mass is 10.0. The van der Waals surface area contributed by atoms with E-state index in [-0.39, 0.29) is 11.5 Å². The first-order valence-corrected chi connectivity index (χ1v) is 9.25. The normalized spacial score (nSPS) is 11.1. The van der Waals surface area contributed by atoms with Crippen LogP contribution in [0.4, 0.5) is 0 Å². The lowest BCUT2D eigenvalue weighted by Gasteiger charge is -2.14. The Morgan fingerprint density at radius 3 is 2.61 bits per heavy atom. The molecule has 0 bridgehead atoms. The molecule has 0 radical (unpaired) electrons. The van der Waals surface area contributed by atoms with E-state index in [2.05, 4.69) is 22.8 Å². The maximum absolute atomic E-state index is 10.4. The highest BCUT2D eigenvalue weighted by Gasteiger charge is 2.20. The second kappa shape index (κ2) is 7.09. The average molecular weight is 393 g/mol. The van der Waals surface area contributed by atoms with Crippen molar-refractivity contribution in [2.24, 2.45) is 0 Å². The van der Waals surface area contributed by atoms with Crippen LogP contribution in [0, 0.1) is 0 Å². The number of thiol groups is 1. The van der Waals surface area contributed by atoms with Crippen molar-refractivity contribution in [3.8, 4) is 34.3 Å². The molecule has 0 unspecified atom stereocenters. The van der Waals surface area contributed by atoms with Crippen LogP contribution < -0.4 is 4.74 Å². The largest absolute Gasteiger partial charge is 0.508 e. The maximum atomic E-state index is 10.4. The minimum Gasteiger partial charge on any atom is -0.508 e. The van der Waals surface area contributed by atoms with Crippen LogP contribution in [0.25, 0.3) is 27.8 Å². The molecule has 6 nitrogen and oxygen atoms in total. The van der Waals surface area contributed by atoms with Gasteiger partial charge in [0.25, 0.3) is 0 Å². The van der Waals surface area contributed by atoms with Crippen LogP contribution in [0.3, 0.4) is 0 Å². The van der Waals surface area contributed by atoms with Gasteiger partial charge >= 0.3 is 0 Å². The number of phenols is 2. The van der Waals surface area contributed by atoms with Gasteiger partial charge in [0.15, 0.2) is 11.0 Å². The molecule has 1 heterocycles. The number of rotatable bonds is 4. The summed E-state index contributed by atoms with van der Waals surface area (Å²) < 4.78 is 7.10. The highest BCUT2D eigenvalue weighted by atomic mass is 32.1. The minimum atomic E-state index is -0.0708. The molecule has 1 aromatic heterocycles. The molecule has 4 rings (SSSR count). The number of aryl methyl sites for hydroxylation is 1. The Morgan fingerprint density at radius 2 is 1.86 bits per heavy atom. The van der Waals surface area contributed by atoms with Crippen molar-refractivity contribution >= 4 is 23.4 Å². The number of methoxy groups -OCH3 is 1. The van der Waals surface area contributed by atoms with Crippen molar-refractivity contribution in [3.63, 3.8) is 0 Å². The molecule has 0 saturated carbocycles. The van der Waals surface area contributed by atoms with Gasteiger partial charge in [-0.2, -0.15) is 0 Å². The van der Waals surface area contributed by atoms with E-state index in [1.165, 1.54) is 6.07 Å². The van der Waals surface area contributed by atoms with E-state index in [1.54, 1.807) is 17.7 Å². The third-order valence-corrected chi connectivity index (χ3v) is 5.06. The molecule has 4 aromatic rings. The quantitative estimate of drug-likeness (QED) is 0.449. The van der Waals surface area contributed by atoms with Crippen LogP contribution in [0.1, 0.15) is 12.5 Å². The van der Waals surface area contributed by atoms with Crippen LogP contribution in [-0.4, -0.2) is 32.1 Å². The summed E-state index contributed by atoms with van der Waals surface area (Å²) in [6.45, 7) is 1.93. The van der Waals surface area contributed by atoms with E-state index in [0.29, 0.717) is 28.5 Å². The number of phenolic OH excluding ortho intramolecular Hbond substituents is 2. The summed E-state index contributed by atoms with van der Waals surface area (Å²) >= 11 is 4.48. The second-order valence-corrected chi connectivity index (χ2v) is 6.77. The molecular formula is C21H19N3O3S. The van der Waals surface area contributed by atoms with Gasteiger partial charge in [0.1, 0.15) is 17.2 Å². The number of hydrogen-bond acceptors (Lipinski definition) is 6. The third kappa shape index (κ3) is 2.93. The molecule has 142 valence electrons. The van der Waals surface area contributed by atoms with Crippen molar-refractivity contribution in [3.05, 3.63) is 54.1 Å². The first kappa shape index (κ1) is 18.2. The molecule has 0 aliphatic rings. The maximum Gasteiger partial charge on any atom is 0.193 e. The zero-order valence-electron chi connectivity index (χ0n) is 15.4. The van der Waals surface area contributed by atoms with E-state index < -0.39 is 0 Å². The smallest absolute Gasteiger partial charge is 0.193 e. The predicted molar refractivity (Wildman–Crippen MR) is 111 cm³/mol. The first-order chi connectivity index (χ1) is 13.5. The summed E-state index contributed by atoms with van der Waals surface area (Å²) in [5.74, 6) is 1.20. The number of ether oxygens (including phenoxy) is 1. The minimum absolute atomic E-state index is 0.0539. The summed E-state index contributed by atoms with van der Waals surface area (Å²) in [5.41, 5.74) is 2.02. The fraction of sp³-hybridized carbons (Fsp3) is 0.143. The summed E-state index contributed by atoms with van der Waals surface area (Å²) in [5, 5.41) is 31.2. The number of aromatic nitrogens is 3. The van der Waals surface area contributed by atoms with Crippen LogP contribution in [0.5, 0.6) is 17.2 Å². The van der Waals surface area contributed by atoms with Gasteiger partial charge in [0.05, 0.1) is 18.4 Å². The van der Waals surface area contributed by atoms with Crippen molar-refractivity contribution in [1.82, 2.24) is 14.8 Å². The van der Waals surface area contributed by atoms with Gasteiger partial charge in [-0.3, -0.25) is 4.57 Å². The number of fused-ring (bicyclic) bond motifs is 1. The predicted octanol–water partition coefficient (Wildman–Crippen LogP) is 4.36. The van der Waals surface area contributed by atoms with Gasteiger partial charge in [-0.05, 0) is 47.7 Å². The van der Waals surface area contributed by atoms with Crippen molar-refractivity contribution < 1.29 is 14.9 Å². The van der Waals surface area contributed by atoms with E-state index in [4.69, 9.17) is 4.74 Å². The zero-order valence-corrected chi connectivity index (χ0v) is 16.3. The fourth-order valence-corrected chi connectivity index (χ4v) is 3.57. The fourth-order valence-electron chi connectivity index (χ4n) is 3.32. The highest BCUT2D eigenvalue weighted by Crippen LogP contribution is 2.37. The first-order valence-electron chi connectivity index (χ1n) is 8.80. The molecule has 0 atom stereocenters. The Balaban J connectivity index is 1.98. The molecule has 2 N–H and O–H groups in total. The summed E-state index contributed by atoms with van der Waals surface area (Å²) in [6, 6.07) is 14.7. The lowest BCUT2D eigenvalue weighted by Crippen LogP contribution is -2.00. The molecule has 28 heavy (non-hydrogen) atoms. The van der Waals surface area contributed by atoms with Gasteiger partial charge < -0.3 is 14.9 Å². The Bertz CT molecular complexity index is 1190. The number of nitrogens with zero attached hydrogens (tertiary/aromatic N) is 3. The monoisotopic (exact) mass is 393 g/mol. The summed E-state index contributed by atoms with van der Waals surface area (Å²) in [7, 11) is 1.63. The van der Waals surface area contributed by atoms with Crippen LogP contribution in [0.15, 0.2) is 53.7 Å². The highest BCUT2D eigenvalue weighted by molar-refractivity contribution is 7.80. The molecule has 0 fully saturated rings. The summed E-state index contributed by atoms with van der Waals surface area (Å²) in [4.78, 5) is 0. The number of aromatic hydroxyl groups is 2. The zero-order chi connectivity index (χ0) is 19.8. The average Bonchev–Trinajstić information content (AvgIpc) is 3.08. The van der Waals surface area contributed by atoms with Crippen LogP contribution in [-0.2, 0) is 6.42 Å². The SMILES string of the molecule is CCc1cc(-c2nnc(S)n2-c2cccc3cc(OC)ccc23)c(O)cc1O. The van der Waals surface area contributed by atoms with Gasteiger partial charge in [0, 0.05) is 11.5 Å². The van der Waals surface area contributed by atoms with Crippen LogP contribution in [0.2, 0.25) is 0 Å². The molecule has 0 saturated heterocycles. The standard InChI is InChI=1S/C21H19N3O3S/c1-3-12-10-16(19(26)11-18(12)25)20-22-23-21(28)24(20)17-6-4-5-13-9-14(27-2)7-8-15(13)17/h4-11,25-26H,3H2,1-2H3,(H,23,28). The van der Waals surface area contributed by atoms with E-state index >= 15 is 0 Å². The number of hydrogen-bond donors (Lipinski definition) is 3. The third-order valence-electron chi connectivity index (χ3n) is 4.77. The number of benzene rings is 3. The van der Waals surface area contributed by atoms with Crippen molar-refractivity contribution in [2.45, 2.75) is 18.5 Å². The molecule has 0 aliphatic carbocycles. The second-order valence-electron chi connectivity index (χ2n) is 6.37. The molecule has 0 aliphatic heterocycles. The van der Waals surface area contributed by atoms with E-state index in [0.717, 1.165) is 22.2 Å². The molecule has 3 aromatic carbocycles. The van der Waals surface area contributed by atoms with E-state index in [9.17, 15) is 10.2 Å². The van der Waals surface area contributed by atoms with Gasteiger partial charge in [-0.25, -0.2) is 0 Å². The van der Waals surface area contributed by atoms with Crippen LogP contribution >= 0.6 is 12.6 Å². The molecular weight excluding hydrogens is 374 g/mol. The van der Waals surface area contributed by atoms with Gasteiger partial charge in [0.2, 0.25) is 0 Å². The Hall–Kier alpha value is -3.19. The summed E-state index contributed by atoms with van der Waals surface area (Å²) in [6.07, 6.45) is 0.620. The Kier molecular flexibility index (Phi) is 4.60. The Morgan fingerprint density at radius 1 is 1.04 bits per heavy atom. The molecule has 0 spiro atoms. The topological polar surface area (TPSA) is 80.4 Å². The van der Waals surface area contributed by atoms with Crippen molar-refractivity contribution in [2.75, 3.05) is 7.11 Å². The van der Waals surface area contributed by atoms with Gasteiger partial charge in [-0.1, -0.05) is 19.1 Å².